The van der Waals surface area contributed by atoms with Crippen molar-refractivity contribution in [1.82, 2.24) is 4.98 Å². The van der Waals surface area contributed by atoms with Crippen molar-refractivity contribution in [1.29, 1.82) is 0 Å². The van der Waals surface area contributed by atoms with Gasteiger partial charge in [-0.05, 0) is 60.9 Å². The zero-order chi connectivity index (χ0) is 20.7. The maximum Gasteiger partial charge on any atom is 0.306 e. The van der Waals surface area contributed by atoms with E-state index >= 15 is 0 Å². The summed E-state index contributed by atoms with van der Waals surface area (Å²) in [7, 11) is 0. The molecule has 5 rings (SSSR count). The lowest BCUT2D eigenvalue weighted by atomic mass is 9.60. The van der Waals surface area contributed by atoms with Crippen molar-refractivity contribution in [2.24, 2.45) is 23.7 Å². The molecule has 0 N–H and O–H groups in total. The number of pyridine rings is 1. The summed E-state index contributed by atoms with van der Waals surface area (Å²) in [5.41, 5.74) is 2.74. The smallest absolute Gasteiger partial charge is 0.306 e. The number of fused-ring (bicyclic) bond motifs is 2. The van der Waals surface area contributed by atoms with Gasteiger partial charge in [-0.2, -0.15) is 0 Å². The third-order valence-electron chi connectivity index (χ3n) is 7.17. The maximum absolute atomic E-state index is 12.0. The Morgan fingerprint density at radius 2 is 1.93 bits per heavy atom. The number of aromatic nitrogens is 1. The predicted molar refractivity (Wildman–Crippen MR) is 120 cm³/mol. The largest absolute Gasteiger partial charge is 0.462 e. The topological polar surface area (TPSA) is 39.2 Å². The first-order valence-electron chi connectivity index (χ1n) is 10.9. The lowest BCUT2D eigenvalue weighted by Crippen LogP contribution is -2.41. The van der Waals surface area contributed by atoms with Gasteiger partial charge in [0, 0.05) is 33.3 Å². The summed E-state index contributed by atoms with van der Waals surface area (Å²) < 4.78 is 5.67. The van der Waals surface area contributed by atoms with E-state index < -0.39 is 0 Å². The molecular weight excluding hydrogens is 417 g/mol. The van der Waals surface area contributed by atoms with Crippen LogP contribution < -0.4 is 0 Å². The highest BCUT2D eigenvalue weighted by molar-refractivity contribution is 6.35. The molecule has 3 fully saturated rings. The number of halogens is 2. The van der Waals surface area contributed by atoms with E-state index in [0.29, 0.717) is 40.1 Å². The average Bonchev–Trinajstić information content (AvgIpc) is 3.13. The Morgan fingerprint density at radius 1 is 1.07 bits per heavy atom. The van der Waals surface area contributed by atoms with Crippen LogP contribution in [0.4, 0.5) is 0 Å². The standard InChI is InChI=1S/C25H25Cl2NO2/c26-17-6-10-23(27)21(12-17)16-5-7-18(28-14-16)8-9-20-19-4-2-1-3-15(19)11-24-22(20)13-25(29)30-24/h5-10,12,14-15,19-20,22,24H,1-4,11,13H2/b9-8+/t15-,19+,20-,22+,24-/m0/s1. The lowest BCUT2D eigenvalue weighted by molar-refractivity contribution is -0.143. The van der Waals surface area contributed by atoms with Gasteiger partial charge in [-0.25, -0.2) is 0 Å². The minimum Gasteiger partial charge on any atom is -0.462 e. The number of rotatable bonds is 3. The quantitative estimate of drug-likeness (QED) is 0.490. The molecule has 5 atom stereocenters. The molecule has 0 bridgehead atoms. The van der Waals surface area contributed by atoms with E-state index in [1.165, 1.54) is 25.7 Å². The molecule has 3 aliphatic rings. The van der Waals surface area contributed by atoms with Gasteiger partial charge in [-0.1, -0.05) is 54.6 Å². The van der Waals surface area contributed by atoms with Crippen LogP contribution in [0, 0.1) is 23.7 Å². The van der Waals surface area contributed by atoms with Gasteiger partial charge in [-0.3, -0.25) is 9.78 Å². The minimum atomic E-state index is -0.0251. The van der Waals surface area contributed by atoms with Gasteiger partial charge in [0.2, 0.25) is 0 Å². The summed E-state index contributed by atoms with van der Waals surface area (Å²) in [4.78, 5) is 16.6. The number of allylic oxidation sites excluding steroid dienone is 1. The Kier molecular flexibility index (Phi) is 5.59. The average molecular weight is 442 g/mol. The number of carbonyl (C=O) groups is 1. The highest BCUT2D eigenvalue weighted by atomic mass is 35.5. The summed E-state index contributed by atoms with van der Waals surface area (Å²) in [5.74, 6) is 2.03. The molecule has 0 unspecified atom stereocenters. The summed E-state index contributed by atoms with van der Waals surface area (Å²) in [6.07, 6.45) is 13.1. The maximum atomic E-state index is 12.0. The molecule has 3 nitrogen and oxygen atoms in total. The molecule has 156 valence electrons. The molecule has 2 aliphatic carbocycles. The zero-order valence-corrected chi connectivity index (χ0v) is 18.3. The highest BCUT2D eigenvalue weighted by Gasteiger charge is 2.49. The third kappa shape index (κ3) is 3.90. The van der Waals surface area contributed by atoms with Gasteiger partial charge in [0.25, 0.3) is 0 Å². The third-order valence-corrected chi connectivity index (χ3v) is 7.73. The molecule has 1 aromatic heterocycles. The van der Waals surface area contributed by atoms with Crippen LogP contribution in [0.25, 0.3) is 17.2 Å². The van der Waals surface area contributed by atoms with Crippen molar-refractivity contribution in [2.75, 3.05) is 0 Å². The van der Waals surface area contributed by atoms with Crippen molar-refractivity contribution in [3.05, 3.63) is 58.3 Å². The van der Waals surface area contributed by atoms with Crippen LogP contribution in [-0.4, -0.2) is 17.1 Å². The monoisotopic (exact) mass is 441 g/mol. The molecule has 2 saturated carbocycles. The van der Waals surface area contributed by atoms with Crippen LogP contribution in [0.15, 0.2) is 42.6 Å². The highest BCUT2D eigenvalue weighted by Crippen LogP contribution is 2.51. The van der Waals surface area contributed by atoms with Crippen molar-refractivity contribution < 1.29 is 9.53 Å². The van der Waals surface area contributed by atoms with E-state index in [4.69, 9.17) is 27.9 Å². The van der Waals surface area contributed by atoms with Crippen LogP contribution in [0.3, 0.4) is 0 Å². The van der Waals surface area contributed by atoms with Gasteiger partial charge in [-0.15, -0.1) is 0 Å². The molecule has 0 spiro atoms. The number of nitrogens with zero attached hydrogens (tertiary/aromatic N) is 1. The number of hydrogen-bond acceptors (Lipinski definition) is 3. The normalized spacial score (nSPS) is 30.7. The first-order valence-corrected chi connectivity index (χ1v) is 11.6. The van der Waals surface area contributed by atoms with Crippen LogP contribution in [0.5, 0.6) is 0 Å². The Morgan fingerprint density at radius 3 is 2.77 bits per heavy atom. The zero-order valence-electron chi connectivity index (χ0n) is 16.8. The molecule has 2 aromatic rings. The number of hydrogen-bond donors (Lipinski definition) is 0. The van der Waals surface area contributed by atoms with Crippen LogP contribution in [0.1, 0.15) is 44.2 Å². The van der Waals surface area contributed by atoms with Gasteiger partial charge >= 0.3 is 5.97 Å². The van der Waals surface area contributed by atoms with E-state index in [2.05, 4.69) is 17.1 Å². The molecule has 5 heteroatoms. The molecule has 1 saturated heterocycles. The number of ether oxygens (including phenoxy) is 1. The van der Waals surface area contributed by atoms with Gasteiger partial charge in [0.05, 0.1) is 12.1 Å². The lowest BCUT2D eigenvalue weighted by Gasteiger charge is -2.45. The SMILES string of the molecule is O=C1C[C@@H]2[C@@H](/C=C/c3ccc(-c4cc(Cl)ccc4Cl)cn3)[C@@H]3CCCC[C@H]3C[C@@H]2O1. The van der Waals surface area contributed by atoms with Gasteiger partial charge in [0.1, 0.15) is 6.10 Å². The molecule has 1 aliphatic heterocycles. The van der Waals surface area contributed by atoms with Crippen molar-refractivity contribution in [3.63, 3.8) is 0 Å². The fourth-order valence-electron chi connectivity index (χ4n) is 5.76. The second-order valence-corrected chi connectivity index (χ2v) is 9.72. The first-order chi connectivity index (χ1) is 14.6. The summed E-state index contributed by atoms with van der Waals surface area (Å²) >= 11 is 12.4. The number of carbonyl (C=O) groups excluding carboxylic acids is 1. The summed E-state index contributed by atoms with van der Waals surface area (Å²) in [6.45, 7) is 0. The van der Waals surface area contributed by atoms with Crippen molar-refractivity contribution in [3.8, 4) is 11.1 Å². The van der Waals surface area contributed by atoms with E-state index in [0.717, 1.165) is 23.2 Å². The predicted octanol–water partition coefficient (Wildman–Crippen LogP) is 6.83. The molecule has 2 heterocycles. The van der Waals surface area contributed by atoms with Crippen LogP contribution in [0.2, 0.25) is 10.0 Å². The van der Waals surface area contributed by atoms with E-state index in [9.17, 15) is 4.79 Å². The number of benzene rings is 1. The summed E-state index contributed by atoms with van der Waals surface area (Å²) in [5, 5.41) is 1.31. The molecule has 30 heavy (non-hydrogen) atoms. The molecular formula is C25H25Cl2NO2. The second-order valence-electron chi connectivity index (χ2n) is 8.87. The molecule has 0 radical (unpaired) electrons. The van der Waals surface area contributed by atoms with Gasteiger partial charge in [0.15, 0.2) is 0 Å². The minimum absolute atomic E-state index is 0.0251. The Hall–Kier alpha value is -1.84. The molecule has 0 amide bonds. The van der Waals surface area contributed by atoms with Crippen LogP contribution in [-0.2, 0) is 9.53 Å². The van der Waals surface area contributed by atoms with Gasteiger partial charge < -0.3 is 4.74 Å². The fraction of sp³-hybridized carbons (Fsp3) is 0.440. The Balaban J connectivity index is 1.38. The molecule has 1 aromatic carbocycles. The Bertz CT molecular complexity index is 972. The van der Waals surface area contributed by atoms with E-state index in [1.807, 2.05) is 24.4 Å². The fourth-order valence-corrected chi connectivity index (χ4v) is 6.16. The summed E-state index contributed by atoms with van der Waals surface area (Å²) in [6, 6.07) is 9.49. The van der Waals surface area contributed by atoms with Crippen LogP contribution >= 0.6 is 23.2 Å². The van der Waals surface area contributed by atoms with Crippen molar-refractivity contribution in [2.45, 2.75) is 44.6 Å². The second kappa shape index (κ2) is 8.36. The first kappa shape index (κ1) is 20.1. The Labute approximate surface area is 187 Å². The van der Waals surface area contributed by atoms with E-state index in [1.54, 1.807) is 12.1 Å². The van der Waals surface area contributed by atoms with E-state index in [-0.39, 0.29) is 12.1 Å². The number of esters is 1. The van der Waals surface area contributed by atoms with Crippen molar-refractivity contribution >= 4 is 35.2 Å².